The predicted octanol–water partition coefficient (Wildman–Crippen LogP) is 1.83. The molecule has 0 saturated heterocycles. The molecule has 0 amide bonds. The molecule has 0 bridgehead atoms. The van der Waals surface area contributed by atoms with Gasteiger partial charge < -0.3 is 19.9 Å². The number of likely N-dealkylation sites (N-methyl/N-ethyl adjacent to an activating group) is 1. The summed E-state index contributed by atoms with van der Waals surface area (Å²) in [6.07, 6.45) is 0.828. The highest BCUT2D eigenvalue weighted by atomic mass is 16.5. The first-order valence-electron chi connectivity index (χ1n) is 6.69. The SMILES string of the molecule is CNC(C)(CO)CC(C)OCCOc1ccccc1. The van der Waals surface area contributed by atoms with Gasteiger partial charge in [0.1, 0.15) is 12.4 Å². The van der Waals surface area contributed by atoms with Gasteiger partial charge in [-0.3, -0.25) is 0 Å². The Labute approximate surface area is 115 Å². The number of hydrogen-bond donors (Lipinski definition) is 2. The molecule has 2 atom stereocenters. The van der Waals surface area contributed by atoms with Gasteiger partial charge in [0, 0.05) is 5.54 Å². The number of nitrogens with one attached hydrogen (secondary N) is 1. The van der Waals surface area contributed by atoms with Crippen molar-refractivity contribution >= 4 is 0 Å². The van der Waals surface area contributed by atoms with Crippen LogP contribution in [-0.2, 0) is 4.74 Å². The van der Waals surface area contributed by atoms with Crippen LogP contribution in [0.1, 0.15) is 20.3 Å². The van der Waals surface area contributed by atoms with Crippen LogP contribution in [0.3, 0.4) is 0 Å². The normalized spacial score (nSPS) is 15.8. The van der Waals surface area contributed by atoms with Crippen molar-refractivity contribution in [1.82, 2.24) is 5.32 Å². The maximum Gasteiger partial charge on any atom is 0.119 e. The van der Waals surface area contributed by atoms with Crippen molar-refractivity contribution in [3.05, 3.63) is 30.3 Å². The second-order valence-electron chi connectivity index (χ2n) is 5.02. The average molecular weight is 267 g/mol. The van der Waals surface area contributed by atoms with E-state index in [2.05, 4.69) is 5.32 Å². The number of para-hydroxylation sites is 1. The van der Waals surface area contributed by atoms with Crippen LogP contribution in [0, 0.1) is 0 Å². The minimum absolute atomic E-state index is 0.0731. The van der Waals surface area contributed by atoms with E-state index in [1.54, 1.807) is 0 Å². The van der Waals surface area contributed by atoms with Crippen LogP contribution in [-0.4, -0.2) is 43.6 Å². The molecule has 1 aromatic rings. The zero-order valence-electron chi connectivity index (χ0n) is 12.1. The summed E-state index contributed by atoms with van der Waals surface area (Å²) in [5, 5.41) is 12.4. The molecule has 0 saturated carbocycles. The molecule has 0 aliphatic rings. The fraction of sp³-hybridized carbons (Fsp3) is 0.600. The van der Waals surface area contributed by atoms with Gasteiger partial charge in [0.05, 0.1) is 19.3 Å². The summed E-state index contributed by atoms with van der Waals surface area (Å²) in [5.74, 6) is 0.856. The van der Waals surface area contributed by atoms with Crippen LogP contribution >= 0.6 is 0 Å². The van der Waals surface area contributed by atoms with Crippen LogP contribution in [0.2, 0.25) is 0 Å². The number of ether oxygens (including phenoxy) is 2. The lowest BCUT2D eigenvalue weighted by molar-refractivity contribution is 0.0159. The van der Waals surface area contributed by atoms with Crippen molar-refractivity contribution in [3.8, 4) is 5.75 Å². The maximum absolute atomic E-state index is 9.31. The van der Waals surface area contributed by atoms with Gasteiger partial charge in [-0.05, 0) is 39.4 Å². The van der Waals surface area contributed by atoms with E-state index in [0.717, 1.165) is 12.2 Å². The first kappa shape index (κ1) is 16.0. The summed E-state index contributed by atoms with van der Waals surface area (Å²) in [6, 6.07) is 9.69. The van der Waals surface area contributed by atoms with Crippen LogP contribution < -0.4 is 10.1 Å². The van der Waals surface area contributed by atoms with E-state index >= 15 is 0 Å². The van der Waals surface area contributed by atoms with Crippen molar-refractivity contribution < 1.29 is 14.6 Å². The van der Waals surface area contributed by atoms with Gasteiger partial charge in [-0.2, -0.15) is 0 Å². The molecule has 2 unspecified atom stereocenters. The molecule has 0 fully saturated rings. The van der Waals surface area contributed by atoms with Gasteiger partial charge >= 0.3 is 0 Å². The van der Waals surface area contributed by atoms with E-state index in [1.807, 2.05) is 51.2 Å². The molecule has 0 spiro atoms. The Morgan fingerprint density at radius 3 is 2.53 bits per heavy atom. The lowest BCUT2D eigenvalue weighted by Gasteiger charge is -2.29. The number of aliphatic hydroxyl groups excluding tert-OH is 1. The molecule has 1 rings (SSSR count). The Bertz CT molecular complexity index is 339. The third kappa shape index (κ3) is 6.05. The van der Waals surface area contributed by atoms with Crippen LogP contribution in [0.25, 0.3) is 0 Å². The van der Waals surface area contributed by atoms with E-state index in [-0.39, 0.29) is 18.2 Å². The van der Waals surface area contributed by atoms with Gasteiger partial charge in [0.25, 0.3) is 0 Å². The molecule has 108 valence electrons. The molecule has 0 aliphatic carbocycles. The summed E-state index contributed by atoms with van der Waals surface area (Å²) < 4.78 is 11.2. The van der Waals surface area contributed by atoms with E-state index in [1.165, 1.54) is 0 Å². The molecule has 0 radical (unpaired) electrons. The topological polar surface area (TPSA) is 50.7 Å². The Balaban J connectivity index is 2.19. The second-order valence-corrected chi connectivity index (χ2v) is 5.02. The van der Waals surface area contributed by atoms with E-state index in [9.17, 15) is 5.11 Å². The predicted molar refractivity (Wildman–Crippen MR) is 76.5 cm³/mol. The third-order valence-electron chi connectivity index (χ3n) is 3.19. The first-order valence-corrected chi connectivity index (χ1v) is 6.69. The number of benzene rings is 1. The molecule has 4 nitrogen and oxygen atoms in total. The van der Waals surface area contributed by atoms with Crippen molar-refractivity contribution in [2.45, 2.75) is 31.9 Å². The fourth-order valence-corrected chi connectivity index (χ4v) is 1.86. The van der Waals surface area contributed by atoms with Gasteiger partial charge in [0.15, 0.2) is 0 Å². The number of aliphatic hydroxyl groups is 1. The van der Waals surface area contributed by atoms with Crippen molar-refractivity contribution in [2.24, 2.45) is 0 Å². The van der Waals surface area contributed by atoms with Crippen LogP contribution in [0.15, 0.2) is 30.3 Å². The highest BCUT2D eigenvalue weighted by Gasteiger charge is 2.23. The highest BCUT2D eigenvalue weighted by molar-refractivity contribution is 5.20. The Hall–Kier alpha value is -1.10. The van der Waals surface area contributed by atoms with Crippen LogP contribution in [0.5, 0.6) is 5.75 Å². The molecule has 19 heavy (non-hydrogen) atoms. The quantitative estimate of drug-likeness (QED) is 0.670. The van der Waals surface area contributed by atoms with Crippen molar-refractivity contribution in [1.29, 1.82) is 0 Å². The number of hydrogen-bond acceptors (Lipinski definition) is 4. The lowest BCUT2D eigenvalue weighted by atomic mass is 9.96. The first-order chi connectivity index (χ1) is 9.09. The molecular formula is C15H25NO3. The maximum atomic E-state index is 9.31. The molecule has 0 aromatic heterocycles. The molecule has 1 aromatic carbocycles. The highest BCUT2D eigenvalue weighted by Crippen LogP contribution is 2.13. The van der Waals surface area contributed by atoms with Gasteiger partial charge in [-0.25, -0.2) is 0 Å². The lowest BCUT2D eigenvalue weighted by Crippen LogP contribution is -2.46. The van der Waals surface area contributed by atoms with Gasteiger partial charge in [-0.15, -0.1) is 0 Å². The van der Waals surface area contributed by atoms with E-state index in [4.69, 9.17) is 9.47 Å². The molecule has 0 aliphatic heterocycles. The summed E-state index contributed by atoms with van der Waals surface area (Å²) in [4.78, 5) is 0. The third-order valence-corrected chi connectivity index (χ3v) is 3.19. The smallest absolute Gasteiger partial charge is 0.119 e. The van der Waals surface area contributed by atoms with Crippen molar-refractivity contribution in [2.75, 3.05) is 26.9 Å². The monoisotopic (exact) mass is 267 g/mol. The second kappa shape index (κ2) is 8.15. The standard InChI is InChI=1S/C15H25NO3/c1-13(11-15(2,12-17)16-3)18-9-10-19-14-7-5-4-6-8-14/h4-8,13,16-17H,9-12H2,1-3H3. The zero-order valence-corrected chi connectivity index (χ0v) is 12.1. The Kier molecular flexibility index (Phi) is 6.84. The zero-order chi connectivity index (χ0) is 14.1. The summed E-state index contributed by atoms with van der Waals surface area (Å²) in [5.41, 5.74) is -0.292. The summed E-state index contributed by atoms with van der Waals surface area (Å²) in [6.45, 7) is 5.16. The van der Waals surface area contributed by atoms with Crippen LogP contribution in [0.4, 0.5) is 0 Å². The molecule has 2 N–H and O–H groups in total. The number of rotatable bonds is 9. The van der Waals surface area contributed by atoms with Gasteiger partial charge in [0.2, 0.25) is 0 Å². The van der Waals surface area contributed by atoms with Gasteiger partial charge in [-0.1, -0.05) is 18.2 Å². The molecule has 0 heterocycles. The summed E-state index contributed by atoms with van der Waals surface area (Å²) in [7, 11) is 1.85. The van der Waals surface area contributed by atoms with Crippen molar-refractivity contribution in [3.63, 3.8) is 0 Å². The minimum atomic E-state index is -0.292. The minimum Gasteiger partial charge on any atom is -0.491 e. The Morgan fingerprint density at radius 1 is 1.26 bits per heavy atom. The Morgan fingerprint density at radius 2 is 1.95 bits per heavy atom. The average Bonchev–Trinajstić information content (AvgIpc) is 2.44. The fourth-order valence-electron chi connectivity index (χ4n) is 1.86. The molecular weight excluding hydrogens is 242 g/mol. The van der Waals surface area contributed by atoms with E-state index < -0.39 is 0 Å². The molecule has 4 heteroatoms. The largest absolute Gasteiger partial charge is 0.491 e. The van der Waals surface area contributed by atoms with E-state index in [0.29, 0.717) is 13.2 Å². The summed E-state index contributed by atoms with van der Waals surface area (Å²) >= 11 is 0.